The van der Waals surface area contributed by atoms with E-state index >= 15 is 0 Å². The molecule has 0 rings (SSSR count). The topological polar surface area (TPSA) is 0 Å². The van der Waals surface area contributed by atoms with Crippen LogP contribution < -0.4 is 0 Å². The standard InChI is InChI=1S/C18H36I2/c1-5-15(2)9-6-7-10-16(3)13-14-18(20)12-8-11-17(4)19/h15-18H,5-14H2,1-4H3. The van der Waals surface area contributed by atoms with E-state index in [0.29, 0.717) is 0 Å². The van der Waals surface area contributed by atoms with Crippen LogP contribution in [0.25, 0.3) is 0 Å². The SMILES string of the molecule is CCC(C)CCCCC(C)CCC(I)CCCC(C)I. The molecule has 0 spiro atoms. The maximum absolute atomic E-state index is 2.68. The van der Waals surface area contributed by atoms with Gasteiger partial charge in [0.15, 0.2) is 0 Å². The van der Waals surface area contributed by atoms with Crippen LogP contribution >= 0.6 is 45.2 Å². The average Bonchev–Trinajstić information content (AvgIpc) is 2.40. The molecule has 0 saturated carbocycles. The number of hydrogen-bond donors (Lipinski definition) is 0. The van der Waals surface area contributed by atoms with Crippen LogP contribution in [0.5, 0.6) is 0 Å². The summed E-state index contributed by atoms with van der Waals surface area (Å²) in [6.07, 6.45) is 14.2. The number of alkyl halides is 2. The van der Waals surface area contributed by atoms with E-state index in [-0.39, 0.29) is 0 Å². The summed E-state index contributed by atoms with van der Waals surface area (Å²) in [6, 6.07) is 0. The molecule has 0 fully saturated rings. The monoisotopic (exact) mass is 506 g/mol. The highest BCUT2D eigenvalue weighted by atomic mass is 127. The van der Waals surface area contributed by atoms with Crippen LogP contribution in [0.1, 0.15) is 91.9 Å². The molecule has 0 nitrogen and oxygen atoms in total. The predicted molar refractivity (Wildman–Crippen MR) is 111 cm³/mol. The van der Waals surface area contributed by atoms with E-state index in [2.05, 4.69) is 72.9 Å². The third kappa shape index (κ3) is 14.4. The molecule has 0 amide bonds. The number of halogens is 2. The minimum Gasteiger partial charge on any atom is -0.0829 e. The first-order valence-electron chi connectivity index (χ1n) is 8.73. The van der Waals surface area contributed by atoms with Crippen LogP contribution in [0.15, 0.2) is 0 Å². The van der Waals surface area contributed by atoms with Crippen LogP contribution in [-0.4, -0.2) is 7.85 Å². The van der Waals surface area contributed by atoms with Crippen molar-refractivity contribution in [1.82, 2.24) is 0 Å². The molecule has 4 unspecified atom stereocenters. The van der Waals surface area contributed by atoms with E-state index in [9.17, 15) is 0 Å². The lowest BCUT2D eigenvalue weighted by Crippen LogP contribution is -2.04. The summed E-state index contributed by atoms with van der Waals surface area (Å²) in [5, 5.41) is 0. The van der Waals surface area contributed by atoms with Gasteiger partial charge in [0.25, 0.3) is 0 Å². The molecule has 0 saturated heterocycles. The Morgan fingerprint density at radius 1 is 0.650 bits per heavy atom. The van der Waals surface area contributed by atoms with Crippen molar-refractivity contribution < 1.29 is 0 Å². The molecule has 4 atom stereocenters. The van der Waals surface area contributed by atoms with Crippen molar-refractivity contribution in [3.8, 4) is 0 Å². The minimum atomic E-state index is 0.848. The number of unbranched alkanes of at least 4 members (excludes halogenated alkanes) is 1. The summed E-state index contributed by atoms with van der Waals surface area (Å²) in [5.74, 6) is 1.87. The molecule has 0 bridgehead atoms. The van der Waals surface area contributed by atoms with Crippen LogP contribution in [0.2, 0.25) is 0 Å². The molecule has 0 aliphatic carbocycles. The van der Waals surface area contributed by atoms with Crippen molar-refractivity contribution >= 4 is 45.2 Å². The fourth-order valence-corrected chi connectivity index (χ4v) is 3.80. The molecule has 122 valence electrons. The van der Waals surface area contributed by atoms with Crippen LogP contribution in [-0.2, 0) is 0 Å². The molecule has 0 aromatic carbocycles. The molecular weight excluding hydrogens is 470 g/mol. The highest BCUT2D eigenvalue weighted by molar-refractivity contribution is 14.1. The Bertz CT molecular complexity index is 204. The third-order valence-electron chi connectivity index (χ3n) is 4.43. The van der Waals surface area contributed by atoms with Gasteiger partial charge in [-0.25, -0.2) is 0 Å². The highest BCUT2D eigenvalue weighted by Gasteiger charge is 2.09. The van der Waals surface area contributed by atoms with Gasteiger partial charge in [-0.2, -0.15) is 0 Å². The fraction of sp³-hybridized carbons (Fsp3) is 1.00. The molecule has 0 aromatic rings. The second-order valence-electron chi connectivity index (χ2n) is 6.79. The molecule has 0 aromatic heterocycles. The van der Waals surface area contributed by atoms with E-state index in [0.717, 1.165) is 19.7 Å². The van der Waals surface area contributed by atoms with Gasteiger partial charge >= 0.3 is 0 Å². The Morgan fingerprint density at radius 2 is 1.25 bits per heavy atom. The molecular formula is C18H36I2. The number of rotatable bonds is 13. The molecule has 20 heavy (non-hydrogen) atoms. The highest BCUT2D eigenvalue weighted by Crippen LogP contribution is 2.23. The molecule has 2 heteroatoms. The van der Waals surface area contributed by atoms with Gasteiger partial charge in [0.2, 0.25) is 0 Å². The van der Waals surface area contributed by atoms with Gasteiger partial charge in [-0.15, -0.1) is 0 Å². The minimum absolute atomic E-state index is 0.848. The first-order valence-corrected chi connectivity index (χ1v) is 11.2. The van der Waals surface area contributed by atoms with Gasteiger partial charge in [-0.3, -0.25) is 0 Å². The summed E-state index contributed by atoms with van der Waals surface area (Å²) in [7, 11) is 0. The zero-order valence-corrected chi connectivity index (χ0v) is 18.5. The maximum Gasteiger partial charge on any atom is 0.0110 e. The lowest BCUT2D eigenvalue weighted by atomic mass is 9.94. The number of hydrogen-bond acceptors (Lipinski definition) is 0. The predicted octanol–water partition coefficient (Wildman–Crippen LogP) is 7.81. The lowest BCUT2D eigenvalue weighted by Gasteiger charge is -2.15. The van der Waals surface area contributed by atoms with Crippen LogP contribution in [0.4, 0.5) is 0 Å². The first kappa shape index (κ1) is 21.5. The summed E-state index contributed by atoms with van der Waals surface area (Å²) in [5.41, 5.74) is 0. The van der Waals surface area contributed by atoms with Gasteiger partial charge in [0.05, 0.1) is 0 Å². The van der Waals surface area contributed by atoms with E-state index < -0.39 is 0 Å². The fourth-order valence-electron chi connectivity index (χ4n) is 2.56. The summed E-state index contributed by atoms with van der Waals surface area (Å²) >= 11 is 5.22. The van der Waals surface area contributed by atoms with E-state index in [1.807, 2.05) is 0 Å². The Kier molecular flexibility index (Phi) is 15.1. The van der Waals surface area contributed by atoms with Crippen molar-refractivity contribution in [1.29, 1.82) is 0 Å². The van der Waals surface area contributed by atoms with E-state index in [1.165, 1.54) is 64.2 Å². The van der Waals surface area contributed by atoms with Gasteiger partial charge in [0.1, 0.15) is 0 Å². The second-order valence-corrected chi connectivity index (χ2v) is 10.7. The Labute approximate surface area is 155 Å². The van der Waals surface area contributed by atoms with Crippen molar-refractivity contribution in [3.05, 3.63) is 0 Å². The van der Waals surface area contributed by atoms with Crippen LogP contribution in [0.3, 0.4) is 0 Å². The molecule has 0 N–H and O–H groups in total. The zero-order chi connectivity index (χ0) is 15.4. The van der Waals surface area contributed by atoms with Crippen LogP contribution in [0, 0.1) is 11.8 Å². The Morgan fingerprint density at radius 3 is 1.80 bits per heavy atom. The largest absolute Gasteiger partial charge is 0.0829 e. The average molecular weight is 506 g/mol. The van der Waals surface area contributed by atoms with Gasteiger partial charge < -0.3 is 0 Å². The normalized spacial score (nSPS) is 17.7. The molecule has 0 aliphatic rings. The Balaban J connectivity index is 3.45. The summed E-state index contributed by atoms with van der Waals surface area (Å²) < 4.78 is 1.76. The smallest absolute Gasteiger partial charge is 0.0110 e. The van der Waals surface area contributed by atoms with E-state index in [1.54, 1.807) is 0 Å². The van der Waals surface area contributed by atoms with Gasteiger partial charge in [-0.05, 0) is 37.5 Å². The van der Waals surface area contributed by atoms with Crippen molar-refractivity contribution in [2.24, 2.45) is 11.8 Å². The first-order chi connectivity index (χ1) is 9.45. The maximum atomic E-state index is 2.68. The zero-order valence-electron chi connectivity index (χ0n) is 14.1. The molecule has 0 radical (unpaired) electrons. The molecule has 0 heterocycles. The van der Waals surface area contributed by atoms with Gasteiger partial charge in [0, 0.05) is 7.85 Å². The van der Waals surface area contributed by atoms with Crippen molar-refractivity contribution in [3.63, 3.8) is 0 Å². The lowest BCUT2D eigenvalue weighted by molar-refractivity contribution is 0.417. The van der Waals surface area contributed by atoms with Gasteiger partial charge in [-0.1, -0.05) is 111 Å². The molecule has 0 aliphatic heterocycles. The summed E-state index contributed by atoms with van der Waals surface area (Å²) in [4.78, 5) is 0. The quantitative estimate of drug-likeness (QED) is 0.136. The van der Waals surface area contributed by atoms with Crippen molar-refractivity contribution in [2.75, 3.05) is 0 Å². The second kappa shape index (κ2) is 14.1. The van der Waals surface area contributed by atoms with Crippen molar-refractivity contribution in [2.45, 2.75) is 99.8 Å². The Hall–Kier alpha value is 1.46. The van der Waals surface area contributed by atoms with E-state index in [4.69, 9.17) is 0 Å². The summed E-state index contributed by atoms with van der Waals surface area (Å²) in [6.45, 7) is 9.48. The third-order valence-corrected chi connectivity index (χ3v) is 6.30.